The number of hydrogen-bond donors (Lipinski definition) is 1. The number of sulfonamides is 1. The zero-order valence-corrected chi connectivity index (χ0v) is 20.2. The molecule has 0 spiro atoms. The topological polar surface area (TPSA) is 94.2 Å². The molecule has 0 fully saturated rings. The van der Waals surface area contributed by atoms with Crippen molar-refractivity contribution in [3.8, 4) is 17.2 Å². The van der Waals surface area contributed by atoms with Gasteiger partial charge in [0.25, 0.3) is 15.9 Å². The molecule has 0 saturated carbocycles. The zero-order chi connectivity index (χ0) is 24.6. The highest BCUT2D eigenvalue weighted by Crippen LogP contribution is 2.38. The smallest absolute Gasteiger partial charge is 0.264 e. The van der Waals surface area contributed by atoms with Gasteiger partial charge in [0.2, 0.25) is 0 Å². The molecule has 0 aromatic heterocycles. The first-order chi connectivity index (χ1) is 16.8. The minimum Gasteiger partial charge on any atom is -0.486 e. The maximum atomic E-state index is 13.5. The molecule has 0 saturated heterocycles. The first-order valence-corrected chi connectivity index (χ1v) is 12.8. The van der Waals surface area contributed by atoms with Crippen molar-refractivity contribution in [2.75, 3.05) is 24.1 Å². The molecule has 2 atom stereocenters. The van der Waals surface area contributed by atoms with E-state index in [1.54, 1.807) is 30.3 Å². The Morgan fingerprint density at radius 3 is 2.49 bits per heavy atom. The SMILES string of the molecule is Cc1ccc2c(c1)O[C@H](C(=O)N[C@H](C)c1ccc3c(c1)OCCO3)CN2S(=O)(=O)c1ccccc1. The lowest BCUT2D eigenvalue weighted by Gasteiger charge is -2.35. The number of carbonyl (C=O) groups excluding carboxylic acids is 1. The summed E-state index contributed by atoms with van der Waals surface area (Å²) >= 11 is 0. The molecule has 2 aliphatic rings. The van der Waals surface area contributed by atoms with Gasteiger partial charge in [0.05, 0.1) is 23.2 Å². The number of rotatable bonds is 5. The summed E-state index contributed by atoms with van der Waals surface area (Å²) < 4.78 is 45.4. The van der Waals surface area contributed by atoms with Crippen LogP contribution in [0.5, 0.6) is 17.2 Å². The van der Waals surface area contributed by atoms with E-state index in [9.17, 15) is 13.2 Å². The number of ether oxygens (including phenoxy) is 3. The first-order valence-electron chi connectivity index (χ1n) is 11.4. The normalized spacial score (nSPS) is 17.7. The number of nitrogens with one attached hydrogen (secondary N) is 1. The molecule has 3 aromatic rings. The molecule has 2 heterocycles. The van der Waals surface area contributed by atoms with Crippen LogP contribution in [0.4, 0.5) is 5.69 Å². The zero-order valence-electron chi connectivity index (χ0n) is 19.4. The fraction of sp³-hybridized carbons (Fsp3) is 0.269. The Morgan fingerprint density at radius 1 is 0.971 bits per heavy atom. The first kappa shape index (κ1) is 23.0. The number of hydrogen-bond acceptors (Lipinski definition) is 6. The molecular formula is C26H26N2O6S. The molecule has 5 rings (SSSR count). The third-order valence-corrected chi connectivity index (χ3v) is 7.83. The van der Waals surface area contributed by atoms with Gasteiger partial charge in [-0.15, -0.1) is 0 Å². The monoisotopic (exact) mass is 494 g/mol. The number of nitrogens with zero attached hydrogens (tertiary/aromatic N) is 1. The minimum absolute atomic E-state index is 0.146. The summed E-state index contributed by atoms with van der Waals surface area (Å²) in [6, 6.07) is 18.6. The van der Waals surface area contributed by atoms with Crippen LogP contribution in [0.2, 0.25) is 0 Å². The van der Waals surface area contributed by atoms with Gasteiger partial charge >= 0.3 is 0 Å². The van der Waals surface area contributed by atoms with E-state index < -0.39 is 22.0 Å². The van der Waals surface area contributed by atoms with Gasteiger partial charge in [0, 0.05) is 0 Å². The van der Waals surface area contributed by atoms with Crippen LogP contribution >= 0.6 is 0 Å². The molecule has 2 aliphatic heterocycles. The van der Waals surface area contributed by atoms with Crippen molar-refractivity contribution in [3.63, 3.8) is 0 Å². The maximum Gasteiger partial charge on any atom is 0.264 e. The van der Waals surface area contributed by atoms with E-state index in [0.717, 1.165) is 11.1 Å². The summed E-state index contributed by atoms with van der Waals surface area (Å²) in [5.41, 5.74) is 2.14. The summed E-state index contributed by atoms with van der Waals surface area (Å²) in [5, 5.41) is 2.95. The van der Waals surface area contributed by atoms with Crippen molar-refractivity contribution in [3.05, 3.63) is 77.9 Å². The molecule has 1 N–H and O–H groups in total. The largest absolute Gasteiger partial charge is 0.486 e. The van der Waals surface area contributed by atoms with E-state index in [2.05, 4.69) is 5.32 Å². The Morgan fingerprint density at radius 2 is 1.71 bits per heavy atom. The number of fused-ring (bicyclic) bond motifs is 2. The summed E-state index contributed by atoms with van der Waals surface area (Å²) in [5.74, 6) is 1.24. The fourth-order valence-corrected chi connectivity index (χ4v) is 5.66. The Balaban J connectivity index is 1.40. The van der Waals surface area contributed by atoms with Crippen molar-refractivity contribution >= 4 is 21.6 Å². The highest BCUT2D eigenvalue weighted by Gasteiger charge is 2.38. The van der Waals surface area contributed by atoms with E-state index in [1.165, 1.54) is 16.4 Å². The van der Waals surface area contributed by atoms with E-state index in [-0.39, 0.29) is 17.5 Å². The molecular weight excluding hydrogens is 468 g/mol. The van der Waals surface area contributed by atoms with E-state index in [0.29, 0.717) is 36.1 Å². The number of anilines is 1. The molecule has 9 heteroatoms. The quantitative estimate of drug-likeness (QED) is 0.583. The van der Waals surface area contributed by atoms with Gasteiger partial charge in [-0.05, 0) is 61.4 Å². The maximum absolute atomic E-state index is 13.5. The van der Waals surface area contributed by atoms with Crippen LogP contribution in [-0.4, -0.2) is 40.2 Å². The van der Waals surface area contributed by atoms with Gasteiger partial charge in [-0.1, -0.05) is 30.3 Å². The van der Waals surface area contributed by atoms with Gasteiger partial charge in [-0.25, -0.2) is 8.42 Å². The van der Waals surface area contributed by atoms with Crippen molar-refractivity contribution in [2.24, 2.45) is 0 Å². The number of aryl methyl sites for hydroxylation is 1. The van der Waals surface area contributed by atoms with E-state index >= 15 is 0 Å². The number of carbonyl (C=O) groups is 1. The Hall–Kier alpha value is -3.72. The van der Waals surface area contributed by atoms with Crippen molar-refractivity contribution in [2.45, 2.75) is 30.9 Å². The third kappa shape index (κ3) is 4.51. The lowest BCUT2D eigenvalue weighted by Crippen LogP contribution is -2.51. The molecule has 3 aromatic carbocycles. The van der Waals surface area contributed by atoms with Crippen LogP contribution in [0.15, 0.2) is 71.6 Å². The van der Waals surface area contributed by atoms with Crippen LogP contribution in [0.25, 0.3) is 0 Å². The highest BCUT2D eigenvalue weighted by molar-refractivity contribution is 7.92. The average molecular weight is 495 g/mol. The average Bonchev–Trinajstić information content (AvgIpc) is 2.87. The Kier molecular flexibility index (Phi) is 6.02. The molecule has 0 aliphatic carbocycles. The summed E-state index contributed by atoms with van der Waals surface area (Å²) in [4.78, 5) is 13.4. The molecule has 8 nitrogen and oxygen atoms in total. The predicted octanol–water partition coefficient (Wildman–Crippen LogP) is 3.60. The predicted molar refractivity (Wildman–Crippen MR) is 131 cm³/mol. The molecule has 35 heavy (non-hydrogen) atoms. The van der Waals surface area contributed by atoms with Gasteiger partial charge in [-0.2, -0.15) is 0 Å². The van der Waals surface area contributed by atoms with Crippen LogP contribution in [0, 0.1) is 6.92 Å². The van der Waals surface area contributed by atoms with E-state index in [1.807, 2.05) is 38.1 Å². The van der Waals surface area contributed by atoms with Crippen LogP contribution in [0.3, 0.4) is 0 Å². The molecule has 182 valence electrons. The van der Waals surface area contributed by atoms with Crippen LogP contribution < -0.4 is 23.8 Å². The third-order valence-electron chi connectivity index (χ3n) is 6.03. The van der Waals surface area contributed by atoms with Crippen molar-refractivity contribution < 1.29 is 27.4 Å². The summed E-state index contributed by atoms with van der Waals surface area (Å²) in [6.45, 7) is 4.56. The van der Waals surface area contributed by atoms with Gasteiger partial charge < -0.3 is 19.5 Å². The lowest BCUT2D eigenvalue weighted by atomic mass is 10.1. The molecule has 0 bridgehead atoms. The van der Waals surface area contributed by atoms with Crippen molar-refractivity contribution in [1.29, 1.82) is 0 Å². The standard InChI is InChI=1S/C26H26N2O6S/c1-17-8-10-21-23(14-17)34-25(16-28(21)35(30,31)20-6-4-3-5-7-20)26(29)27-18(2)19-9-11-22-24(15-19)33-13-12-32-22/h3-11,14-15,18,25H,12-13,16H2,1-2H3,(H,27,29)/t18-,25+/m1/s1. The molecule has 0 unspecified atom stereocenters. The molecule has 0 radical (unpaired) electrons. The van der Waals surface area contributed by atoms with E-state index in [4.69, 9.17) is 14.2 Å². The van der Waals surface area contributed by atoms with Crippen LogP contribution in [0.1, 0.15) is 24.1 Å². The molecule has 1 amide bonds. The second kappa shape index (κ2) is 9.14. The number of amides is 1. The fourth-order valence-electron chi connectivity index (χ4n) is 4.16. The highest BCUT2D eigenvalue weighted by atomic mass is 32.2. The summed E-state index contributed by atoms with van der Waals surface area (Å²) in [6.07, 6.45) is -1.03. The summed E-state index contributed by atoms with van der Waals surface area (Å²) in [7, 11) is -3.90. The Labute approximate surface area is 204 Å². The Bertz CT molecular complexity index is 1360. The second-order valence-electron chi connectivity index (χ2n) is 8.56. The van der Waals surface area contributed by atoms with Crippen molar-refractivity contribution in [1.82, 2.24) is 5.32 Å². The minimum atomic E-state index is -3.90. The van der Waals surface area contributed by atoms with Crippen LogP contribution in [-0.2, 0) is 14.8 Å². The number of benzene rings is 3. The lowest BCUT2D eigenvalue weighted by molar-refractivity contribution is -0.128. The van der Waals surface area contributed by atoms with Gasteiger partial charge in [0.1, 0.15) is 19.0 Å². The van der Waals surface area contributed by atoms with Gasteiger partial charge in [-0.3, -0.25) is 9.10 Å². The second-order valence-corrected chi connectivity index (χ2v) is 10.4. The van der Waals surface area contributed by atoms with Gasteiger partial charge in [0.15, 0.2) is 17.6 Å².